The zero-order valence-corrected chi connectivity index (χ0v) is 15.9. The van der Waals surface area contributed by atoms with E-state index in [1.807, 2.05) is 11.6 Å². The standard InChI is InChI=1S/C19H22N6O3/c1-12-21-16(24-28-12)11-27-15-8-4-7-14(9-15)19(26)20-10-17-22-23-18(25(17)2)13-5-3-6-13/h4,7-9,13H,3,5-6,10-11H2,1-2H3,(H,20,26). The third-order valence-corrected chi connectivity index (χ3v) is 4.91. The Bertz CT molecular complexity index is 976. The number of nitrogens with zero attached hydrogens (tertiary/aromatic N) is 5. The summed E-state index contributed by atoms with van der Waals surface area (Å²) in [6, 6.07) is 6.95. The second-order valence-corrected chi connectivity index (χ2v) is 6.89. The van der Waals surface area contributed by atoms with Crippen LogP contribution < -0.4 is 10.1 Å². The summed E-state index contributed by atoms with van der Waals surface area (Å²) in [6.45, 7) is 2.21. The molecule has 1 amide bonds. The van der Waals surface area contributed by atoms with Crippen LogP contribution in [0.25, 0.3) is 0 Å². The number of nitrogens with one attached hydrogen (secondary N) is 1. The molecule has 9 heteroatoms. The molecule has 0 bridgehead atoms. The van der Waals surface area contributed by atoms with E-state index >= 15 is 0 Å². The number of hydrogen-bond donors (Lipinski definition) is 1. The molecular formula is C19H22N6O3. The van der Waals surface area contributed by atoms with Gasteiger partial charge in [0.05, 0.1) is 6.54 Å². The molecule has 0 unspecified atom stereocenters. The first kappa shape index (κ1) is 18.1. The molecule has 1 fully saturated rings. The van der Waals surface area contributed by atoms with Gasteiger partial charge in [-0.15, -0.1) is 10.2 Å². The van der Waals surface area contributed by atoms with Gasteiger partial charge in [0, 0.05) is 25.5 Å². The maximum absolute atomic E-state index is 12.5. The van der Waals surface area contributed by atoms with E-state index in [2.05, 4.69) is 25.7 Å². The van der Waals surface area contributed by atoms with Crippen LogP contribution in [0.15, 0.2) is 28.8 Å². The molecule has 2 aromatic heterocycles. The Morgan fingerprint density at radius 2 is 2.21 bits per heavy atom. The van der Waals surface area contributed by atoms with Gasteiger partial charge in [0.2, 0.25) is 11.7 Å². The molecule has 2 heterocycles. The Kier molecular flexibility index (Phi) is 5.05. The number of rotatable bonds is 7. The number of hydrogen-bond acceptors (Lipinski definition) is 7. The van der Waals surface area contributed by atoms with Crippen molar-refractivity contribution in [3.8, 4) is 5.75 Å². The van der Waals surface area contributed by atoms with Gasteiger partial charge in [-0.3, -0.25) is 4.79 Å². The average Bonchev–Trinajstić information content (AvgIpc) is 3.23. The van der Waals surface area contributed by atoms with Crippen molar-refractivity contribution in [2.45, 2.75) is 45.3 Å². The topological polar surface area (TPSA) is 108 Å². The fourth-order valence-electron chi connectivity index (χ4n) is 3.09. The van der Waals surface area contributed by atoms with Crippen molar-refractivity contribution in [1.82, 2.24) is 30.2 Å². The smallest absolute Gasteiger partial charge is 0.251 e. The average molecular weight is 382 g/mol. The van der Waals surface area contributed by atoms with Crippen molar-refractivity contribution in [1.29, 1.82) is 0 Å². The molecule has 28 heavy (non-hydrogen) atoms. The molecule has 1 N–H and O–H groups in total. The van der Waals surface area contributed by atoms with Crippen molar-refractivity contribution in [3.63, 3.8) is 0 Å². The Morgan fingerprint density at radius 1 is 1.36 bits per heavy atom. The summed E-state index contributed by atoms with van der Waals surface area (Å²) in [5.74, 6) is 3.54. The molecule has 3 aromatic rings. The van der Waals surface area contributed by atoms with E-state index in [1.54, 1.807) is 31.2 Å². The fourth-order valence-corrected chi connectivity index (χ4v) is 3.09. The Balaban J connectivity index is 1.35. The fraction of sp³-hybridized carbons (Fsp3) is 0.421. The minimum Gasteiger partial charge on any atom is -0.485 e. The highest BCUT2D eigenvalue weighted by molar-refractivity contribution is 5.94. The Hall–Kier alpha value is -3.23. The zero-order valence-electron chi connectivity index (χ0n) is 15.9. The number of amides is 1. The maximum Gasteiger partial charge on any atom is 0.251 e. The van der Waals surface area contributed by atoms with Gasteiger partial charge < -0.3 is 19.1 Å². The van der Waals surface area contributed by atoms with Crippen LogP contribution in [-0.2, 0) is 20.2 Å². The molecule has 0 atom stereocenters. The highest BCUT2D eigenvalue weighted by Gasteiger charge is 2.25. The van der Waals surface area contributed by atoms with Gasteiger partial charge in [-0.2, -0.15) is 4.98 Å². The van der Waals surface area contributed by atoms with Crippen LogP contribution in [0.5, 0.6) is 5.75 Å². The van der Waals surface area contributed by atoms with Gasteiger partial charge in [-0.1, -0.05) is 17.6 Å². The van der Waals surface area contributed by atoms with Crippen LogP contribution in [0, 0.1) is 6.92 Å². The van der Waals surface area contributed by atoms with Gasteiger partial charge in [-0.25, -0.2) is 0 Å². The second-order valence-electron chi connectivity index (χ2n) is 6.89. The Labute approximate surface area is 162 Å². The van der Waals surface area contributed by atoms with Crippen LogP contribution in [0.4, 0.5) is 0 Å². The SMILES string of the molecule is Cc1nc(COc2cccc(C(=O)NCc3nnc(C4CCC4)n3C)c2)no1. The highest BCUT2D eigenvalue weighted by atomic mass is 16.5. The van der Waals surface area contributed by atoms with E-state index in [4.69, 9.17) is 9.26 Å². The number of carbonyl (C=O) groups excluding carboxylic acids is 1. The lowest BCUT2D eigenvalue weighted by Gasteiger charge is -2.24. The Morgan fingerprint density at radius 3 is 2.93 bits per heavy atom. The summed E-state index contributed by atoms with van der Waals surface area (Å²) in [4.78, 5) is 16.6. The summed E-state index contributed by atoms with van der Waals surface area (Å²) in [7, 11) is 1.95. The molecule has 1 aliphatic carbocycles. The molecule has 9 nitrogen and oxygen atoms in total. The van der Waals surface area contributed by atoms with Gasteiger partial charge in [-0.05, 0) is 31.0 Å². The lowest BCUT2D eigenvalue weighted by Crippen LogP contribution is -2.25. The number of aromatic nitrogens is 5. The van der Waals surface area contributed by atoms with Crippen molar-refractivity contribution < 1.29 is 14.1 Å². The van der Waals surface area contributed by atoms with Crippen LogP contribution in [0.3, 0.4) is 0 Å². The normalized spacial score (nSPS) is 13.9. The molecule has 0 radical (unpaired) electrons. The summed E-state index contributed by atoms with van der Waals surface area (Å²) in [5, 5.41) is 15.2. The molecule has 146 valence electrons. The molecule has 1 saturated carbocycles. The van der Waals surface area contributed by atoms with E-state index in [0.717, 1.165) is 24.5 Å². The largest absolute Gasteiger partial charge is 0.485 e. The first-order valence-electron chi connectivity index (χ1n) is 9.28. The first-order valence-corrected chi connectivity index (χ1v) is 9.28. The van der Waals surface area contributed by atoms with E-state index in [-0.39, 0.29) is 12.5 Å². The maximum atomic E-state index is 12.5. The number of ether oxygens (including phenoxy) is 1. The van der Waals surface area contributed by atoms with Gasteiger partial charge >= 0.3 is 0 Å². The predicted molar refractivity (Wildman–Crippen MR) is 98.6 cm³/mol. The minimum absolute atomic E-state index is 0.172. The minimum atomic E-state index is -0.200. The number of aryl methyl sites for hydroxylation is 1. The van der Waals surface area contributed by atoms with Gasteiger partial charge in [0.15, 0.2) is 12.4 Å². The van der Waals surface area contributed by atoms with Gasteiger partial charge in [0.1, 0.15) is 11.6 Å². The van der Waals surface area contributed by atoms with Crippen LogP contribution in [0.1, 0.15) is 58.9 Å². The van der Waals surface area contributed by atoms with Crippen molar-refractivity contribution in [3.05, 3.63) is 53.2 Å². The molecule has 4 rings (SSSR count). The highest BCUT2D eigenvalue weighted by Crippen LogP contribution is 2.35. The van der Waals surface area contributed by atoms with Crippen LogP contribution >= 0.6 is 0 Å². The van der Waals surface area contributed by atoms with Crippen molar-refractivity contribution >= 4 is 5.91 Å². The van der Waals surface area contributed by atoms with E-state index < -0.39 is 0 Å². The molecule has 1 aliphatic rings. The third-order valence-electron chi connectivity index (χ3n) is 4.91. The number of carbonyl (C=O) groups is 1. The summed E-state index contributed by atoms with van der Waals surface area (Å²) in [5.41, 5.74) is 0.503. The monoisotopic (exact) mass is 382 g/mol. The molecule has 0 spiro atoms. The van der Waals surface area contributed by atoms with Crippen LogP contribution in [-0.4, -0.2) is 30.8 Å². The summed E-state index contributed by atoms with van der Waals surface area (Å²) >= 11 is 0. The lowest BCUT2D eigenvalue weighted by molar-refractivity contribution is 0.0949. The van der Waals surface area contributed by atoms with Crippen molar-refractivity contribution in [2.75, 3.05) is 0 Å². The summed E-state index contributed by atoms with van der Waals surface area (Å²) in [6.07, 6.45) is 3.57. The van der Waals surface area contributed by atoms with E-state index in [0.29, 0.717) is 35.5 Å². The molecule has 0 saturated heterocycles. The van der Waals surface area contributed by atoms with Gasteiger partial charge in [0.25, 0.3) is 5.91 Å². The quantitative estimate of drug-likeness (QED) is 0.668. The zero-order chi connectivity index (χ0) is 19.5. The summed E-state index contributed by atoms with van der Waals surface area (Å²) < 4.78 is 12.5. The molecule has 0 aliphatic heterocycles. The number of benzene rings is 1. The van der Waals surface area contributed by atoms with Crippen LogP contribution in [0.2, 0.25) is 0 Å². The third kappa shape index (κ3) is 3.88. The van der Waals surface area contributed by atoms with E-state index in [9.17, 15) is 4.79 Å². The molecule has 1 aromatic carbocycles. The lowest BCUT2D eigenvalue weighted by atomic mass is 9.85. The first-order chi connectivity index (χ1) is 13.6. The second kappa shape index (κ2) is 7.79. The van der Waals surface area contributed by atoms with E-state index in [1.165, 1.54) is 6.42 Å². The molecular weight excluding hydrogens is 360 g/mol. The van der Waals surface area contributed by atoms with Crippen molar-refractivity contribution in [2.24, 2.45) is 7.05 Å². The predicted octanol–water partition coefficient (Wildman–Crippen LogP) is 2.28.